The highest BCUT2D eigenvalue weighted by atomic mass is 32.1. The molecule has 2 heterocycles. The summed E-state index contributed by atoms with van der Waals surface area (Å²) < 4.78 is 0. The highest BCUT2D eigenvalue weighted by Gasteiger charge is 2.26. The van der Waals surface area contributed by atoms with E-state index < -0.39 is 0 Å². The summed E-state index contributed by atoms with van der Waals surface area (Å²) in [7, 11) is 0. The Hall–Kier alpha value is -1.92. The Balaban J connectivity index is 1.64. The molecule has 1 atom stereocenters. The summed E-state index contributed by atoms with van der Waals surface area (Å²) in [5, 5.41) is 12.7. The molecule has 1 saturated heterocycles. The zero-order chi connectivity index (χ0) is 17.1. The van der Waals surface area contributed by atoms with Gasteiger partial charge in [0.2, 0.25) is 0 Å². The van der Waals surface area contributed by atoms with Crippen molar-refractivity contribution in [2.24, 2.45) is 5.92 Å². The smallest absolute Gasteiger partial charge is 0.323 e. The summed E-state index contributed by atoms with van der Waals surface area (Å²) >= 11 is 1.53. The van der Waals surface area contributed by atoms with E-state index in [1.54, 1.807) is 4.90 Å². The van der Waals surface area contributed by atoms with Gasteiger partial charge in [-0.15, -0.1) is 11.3 Å². The zero-order valence-corrected chi connectivity index (χ0v) is 14.9. The number of aliphatic hydroxyl groups is 1. The van der Waals surface area contributed by atoms with Crippen molar-refractivity contribution in [3.8, 4) is 0 Å². The quantitative estimate of drug-likeness (QED) is 0.894. The summed E-state index contributed by atoms with van der Waals surface area (Å²) in [5.74, 6) is 0.200. The second-order valence-corrected chi connectivity index (χ2v) is 7.49. The number of aryl methyl sites for hydroxylation is 2. The molecule has 1 aliphatic heterocycles. The summed E-state index contributed by atoms with van der Waals surface area (Å²) in [4.78, 5) is 19.7. The van der Waals surface area contributed by atoms with Crippen LogP contribution in [0.1, 0.15) is 28.1 Å². The number of hydrogen-bond donors (Lipinski definition) is 2. The molecular weight excluding hydrogens is 322 g/mol. The number of urea groups is 1. The Morgan fingerprint density at radius 3 is 3.00 bits per heavy atom. The molecule has 0 bridgehead atoms. The Bertz CT molecular complexity index is 729. The van der Waals surface area contributed by atoms with Gasteiger partial charge in [-0.2, -0.15) is 0 Å². The van der Waals surface area contributed by atoms with Gasteiger partial charge in [0.1, 0.15) is 0 Å². The van der Waals surface area contributed by atoms with Crippen molar-refractivity contribution in [1.29, 1.82) is 0 Å². The third-order valence-corrected chi connectivity index (χ3v) is 5.46. The van der Waals surface area contributed by atoms with Gasteiger partial charge in [-0.25, -0.2) is 9.78 Å². The van der Waals surface area contributed by atoms with E-state index in [1.807, 2.05) is 6.92 Å². The first-order chi connectivity index (χ1) is 11.5. The van der Waals surface area contributed by atoms with Crippen molar-refractivity contribution in [3.63, 3.8) is 0 Å². The predicted molar refractivity (Wildman–Crippen MR) is 96.6 cm³/mol. The highest BCUT2D eigenvalue weighted by molar-refractivity contribution is 7.15. The first-order valence-corrected chi connectivity index (χ1v) is 9.05. The minimum absolute atomic E-state index is 0.123. The molecule has 1 aromatic heterocycles. The molecule has 6 heteroatoms. The number of anilines is 1. The SMILES string of the molecule is Cc1cccc(Cc2sc(NC(=O)N3CC[C@@H](CO)C3)nc2C)c1. The summed E-state index contributed by atoms with van der Waals surface area (Å²) in [5.41, 5.74) is 3.46. The lowest BCUT2D eigenvalue weighted by atomic mass is 10.1. The van der Waals surface area contributed by atoms with Crippen molar-refractivity contribution < 1.29 is 9.90 Å². The number of aromatic nitrogens is 1. The fourth-order valence-corrected chi connectivity index (χ4v) is 3.98. The van der Waals surface area contributed by atoms with E-state index in [-0.39, 0.29) is 18.6 Å². The molecule has 5 nitrogen and oxygen atoms in total. The van der Waals surface area contributed by atoms with Crippen molar-refractivity contribution in [3.05, 3.63) is 46.0 Å². The van der Waals surface area contributed by atoms with Gasteiger partial charge in [0.15, 0.2) is 5.13 Å². The summed E-state index contributed by atoms with van der Waals surface area (Å²) in [6.45, 7) is 5.51. The maximum atomic E-state index is 12.3. The number of hydrogen-bond acceptors (Lipinski definition) is 4. The van der Waals surface area contributed by atoms with E-state index in [1.165, 1.54) is 27.3 Å². The average molecular weight is 345 g/mol. The average Bonchev–Trinajstić information content (AvgIpc) is 3.15. The van der Waals surface area contributed by atoms with Gasteiger partial charge in [0.05, 0.1) is 5.69 Å². The Morgan fingerprint density at radius 1 is 1.46 bits per heavy atom. The largest absolute Gasteiger partial charge is 0.396 e. The van der Waals surface area contributed by atoms with E-state index in [0.29, 0.717) is 18.2 Å². The van der Waals surface area contributed by atoms with Crippen molar-refractivity contribution in [2.75, 3.05) is 25.0 Å². The lowest BCUT2D eigenvalue weighted by Gasteiger charge is -2.15. The Morgan fingerprint density at radius 2 is 2.29 bits per heavy atom. The number of rotatable bonds is 4. The van der Waals surface area contributed by atoms with Gasteiger partial charge in [0, 0.05) is 36.9 Å². The lowest BCUT2D eigenvalue weighted by molar-refractivity contribution is 0.209. The molecule has 1 aliphatic rings. The molecule has 0 aliphatic carbocycles. The molecule has 0 spiro atoms. The molecule has 0 unspecified atom stereocenters. The molecular formula is C18H23N3O2S. The van der Waals surface area contributed by atoms with Crippen LogP contribution in [0.2, 0.25) is 0 Å². The van der Waals surface area contributed by atoms with E-state index in [9.17, 15) is 9.90 Å². The predicted octanol–water partition coefficient (Wildman–Crippen LogP) is 3.20. The van der Waals surface area contributed by atoms with E-state index in [0.717, 1.165) is 18.5 Å². The summed E-state index contributed by atoms with van der Waals surface area (Å²) in [6, 6.07) is 8.32. The van der Waals surface area contributed by atoms with Crippen LogP contribution in [0.15, 0.2) is 24.3 Å². The topological polar surface area (TPSA) is 65.5 Å². The highest BCUT2D eigenvalue weighted by Crippen LogP contribution is 2.26. The summed E-state index contributed by atoms with van der Waals surface area (Å²) in [6.07, 6.45) is 1.69. The van der Waals surface area contributed by atoms with Gasteiger partial charge in [0.25, 0.3) is 0 Å². The number of nitrogens with zero attached hydrogens (tertiary/aromatic N) is 2. The van der Waals surface area contributed by atoms with Crippen LogP contribution in [-0.2, 0) is 6.42 Å². The molecule has 2 aromatic rings. The van der Waals surface area contributed by atoms with E-state index in [2.05, 4.69) is 41.5 Å². The number of amides is 2. The molecule has 3 rings (SSSR count). The van der Waals surface area contributed by atoms with Gasteiger partial charge < -0.3 is 10.0 Å². The molecule has 24 heavy (non-hydrogen) atoms. The standard InChI is InChI=1S/C18H23N3O2S/c1-12-4-3-5-14(8-12)9-16-13(2)19-17(24-16)20-18(23)21-7-6-15(10-21)11-22/h3-5,8,15,22H,6-7,9-11H2,1-2H3,(H,19,20,23)/t15-/m1/s1. The number of carbonyl (C=O) groups is 1. The van der Waals surface area contributed by atoms with Crippen LogP contribution in [0.25, 0.3) is 0 Å². The van der Waals surface area contributed by atoms with Crippen LogP contribution >= 0.6 is 11.3 Å². The van der Waals surface area contributed by atoms with E-state index >= 15 is 0 Å². The Kier molecular flexibility index (Phi) is 5.16. The molecule has 2 N–H and O–H groups in total. The fourth-order valence-electron chi connectivity index (χ4n) is 2.99. The third kappa shape index (κ3) is 3.94. The second kappa shape index (κ2) is 7.32. The Labute approximate surface area is 146 Å². The minimum atomic E-state index is -0.123. The van der Waals surface area contributed by atoms with Crippen molar-refractivity contribution >= 4 is 22.5 Å². The number of thiazole rings is 1. The van der Waals surface area contributed by atoms with Crippen LogP contribution in [0.4, 0.5) is 9.93 Å². The normalized spacial score (nSPS) is 17.3. The maximum absolute atomic E-state index is 12.3. The van der Waals surface area contributed by atoms with E-state index in [4.69, 9.17) is 0 Å². The number of aliphatic hydroxyl groups excluding tert-OH is 1. The molecule has 1 fully saturated rings. The van der Waals surface area contributed by atoms with Crippen LogP contribution in [0.5, 0.6) is 0 Å². The molecule has 0 saturated carbocycles. The zero-order valence-electron chi connectivity index (χ0n) is 14.1. The van der Waals surface area contributed by atoms with Crippen molar-refractivity contribution in [2.45, 2.75) is 26.7 Å². The number of nitrogens with one attached hydrogen (secondary N) is 1. The van der Waals surface area contributed by atoms with Gasteiger partial charge in [-0.1, -0.05) is 29.8 Å². The number of carbonyl (C=O) groups excluding carboxylic acids is 1. The number of benzene rings is 1. The molecule has 0 radical (unpaired) electrons. The van der Waals surface area contributed by atoms with Crippen LogP contribution in [0, 0.1) is 19.8 Å². The molecule has 2 amide bonds. The van der Waals surface area contributed by atoms with Crippen LogP contribution in [-0.4, -0.2) is 40.7 Å². The van der Waals surface area contributed by atoms with Crippen molar-refractivity contribution in [1.82, 2.24) is 9.88 Å². The lowest BCUT2D eigenvalue weighted by Crippen LogP contribution is -2.33. The molecule has 128 valence electrons. The monoisotopic (exact) mass is 345 g/mol. The van der Waals surface area contributed by atoms with Gasteiger partial charge >= 0.3 is 6.03 Å². The van der Waals surface area contributed by atoms with Crippen LogP contribution < -0.4 is 5.32 Å². The van der Waals surface area contributed by atoms with Gasteiger partial charge in [-0.3, -0.25) is 5.32 Å². The molecule has 1 aromatic carbocycles. The van der Waals surface area contributed by atoms with Gasteiger partial charge in [-0.05, 0) is 25.8 Å². The fraction of sp³-hybridized carbons (Fsp3) is 0.444. The van der Waals surface area contributed by atoms with Crippen LogP contribution in [0.3, 0.4) is 0 Å². The third-order valence-electron chi connectivity index (χ3n) is 4.38. The number of likely N-dealkylation sites (tertiary alicyclic amines) is 1. The first-order valence-electron chi connectivity index (χ1n) is 8.24. The minimum Gasteiger partial charge on any atom is -0.396 e. The second-order valence-electron chi connectivity index (χ2n) is 6.41. The first kappa shape index (κ1) is 16.9. The maximum Gasteiger partial charge on any atom is 0.323 e.